The molecule has 0 unspecified atom stereocenters. The van der Waals surface area contributed by atoms with Gasteiger partial charge in [-0.15, -0.1) is 5.10 Å². The van der Waals surface area contributed by atoms with Crippen LogP contribution in [0.4, 0.5) is 0 Å². The van der Waals surface area contributed by atoms with Crippen LogP contribution in [0, 0.1) is 0 Å². The lowest BCUT2D eigenvalue weighted by Gasteiger charge is -2.34. The summed E-state index contributed by atoms with van der Waals surface area (Å²) in [7, 11) is 1.51. The number of carbonyl (C=O) groups excluding carboxylic acids is 1. The number of nitrogens with one attached hydrogen (secondary N) is 1. The van der Waals surface area contributed by atoms with Gasteiger partial charge >= 0.3 is 5.69 Å². The van der Waals surface area contributed by atoms with Gasteiger partial charge in [-0.1, -0.05) is 6.07 Å². The fraction of sp³-hybridized carbons (Fsp3) is 0.438. The molecule has 0 aliphatic carbocycles. The molecule has 1 N–H and O–H groups in total. The zero-order chi connectivity index (χ0) is 17.4. The molecule has 25 heavy (non-hydrogen) atoms. The van der Waals surface area contributed by atoms with Crippen LogP contribution < -0.4 is 15.2 Å². The Balaban J connectivity index is 1.35. The van der Waals surface area contributed by atoms with E-state index in [9.17, 15) is 9.59 Å². The summed E-state index contributed by atoms with van der Waals surface area (Å²) < 4.78 is 11.9. The molecule has 0 radical (unpaired) electrons. The summed E-state index contributed by atoms with van der Waals surface area (Å²) >= 11 is 0. The Bertz CT molecular complexity index is 850. The summed E-state index contributed by atoms with van der Waals surface area (Å²) in [5.41, 5.74) is 0.767. The molecule has 0 bridgehead atoms. The number of hydrogen-bond donors (Lipinski definition) is 1. The van der Waals surface area contributed by atoms with Crippen molar-refractivity contribution in [1.82, 2.24) is 24.6 Å². The van der Waals surface area contributed by atoms with E-state index in [0.29, 0.717) is 13.1 Å². The average molecular weight is 345 g/mol. The number of fused-ring (bicyclic) bond motifs is 1. The predicted octanol–water partition coefficient (Wildman–Crippen LogP) is -0.205. The van der Waals surface area contributed by atoms with Crippen molar-refractivity contribution in [2.45, 2.75) is 6.54 Å². The number of carbonyl (C=O) groups is 1. The van der Waals surface area contributed by atoms with Gasteiger partial charge in [0.15, 0.2) is 11.5 Å². The van der Waals surface area contributed by atoms with Gasteiger partial charge in [0, 0.05) is 39.8 Å². The number of aromatic nitrogens is 3. The molecule has 1 amide bonds. The minimum Gasteiger partial charge on any atom is -0.454 e. The first-order valence-corrected chi connectivity index (χ1v) is 8.13. The average Bonchev–Trinajstić information content (AvgIpc) is 3.21. The van der Waals surface area contributed by atoms with Crippen LogP contribution in [-0.4, -0.2) is 63.4 Å². The summed E-state index contributed by atoms with van der Waals surface area (Å²) in [4.78, 5) is 30.3. The van der Waals surface area contributed by atoms with Crippen LogP contribution in [-0.2, 0) is 13.6 Å². The molecule has 0 spiro atoms. The standard InChI is InChI=1S/C16H19N5O4/c1-19-16(23)17-14(18-19)15(22)21-6-4-20(5-7-21)9-11-2-3-12-13(8-11)25-10-24-12/h2-3,8H,4-7,9-10H2,1H3,(H,17,18,23). The van der Waals surface area contributed by atoms with Crippen molar-refractivity contribution in [3.63, 3.8) is 0 Å². The van der Waals surface area contributed by atoms with E-state index < -0.39 is 0 Å². The number of H-pyrrole nitrogens is 1. The highest BCUT2D eigenvalue weighted by molar-refractivity contribution is 5.90. The van der Waals surface area contributed by atoms with E-state index in [4.69, 9.17) is 9.47 Å². The van der Waals surface area contributed by atoms with Crippen molar-refractivity contribution in [2.75, 3.05) is 33.0 Å². The van der Waals surface area contributed by atoms with Crippen LogP contribution >= 0.6 is 0 Å². The normalized spacial score (nSPS) is 17.1. The Kier molecular flexibility index (Phi) is 3.92. The number of hydrogen-bond acceptors (Lipinski definition) is 6. The van der Waals surface area contributed by atoms with Crippen LogP contribution in [0.15, 0.2) is 23.0 Å². The predicted molar refractivity (Wildman–Crippen MR) is 87.6 cm³/mol. The minimum atomic E-state index is -0.384. The maximum Gasteiger partial charge on any atom is 0.343 e. The highest BCUT2D eigenvalue weighted by atomic mass is 16.7. The topological polar surface area (TPSA) is 92.7 Å². The first kappa shape index (κ1) is 15.7. The molecule has 0 atom stereocenters. The van der Waals surface area contributed by atoms with Gasteiger partial charge in [-0.3, -0.25) is 14.7 Å². The molecule has 2 aromatic rings. The second-order valence-corrected chi connectivity index (χ2v) is 6.16. The first-order valence-electron chi connectivity index (χ1n) is 8.13. The van der Waals surface area contributed by atoms with Gasteiger partial charge in [-0.2, -0.15) is 0 Å². The van der Waals surface area contributed by atoms with Crippen LogP contribution in [0.3, 0.4) is 0 Å². The first-order chi connectivity index (χ1) is 12.1. The zero-order valence-electron chi connectivity index (χ0n) is 13.9. The lowest BCUT2D eigenvalue weighted by atomic mass is 10.1. The van der Waals surface area contributed by atoms with Gasteiger partial charge in [0.1, 0.15) is 0 Å². The number of amides is 1. The molecule has 1 aromatic heterocycles. The number of benzene rings is 1. The van der Waals surface area contributed by atoms with Crippen molar-refractivity contribution < 1.29 is 14.3 Å². The monoisotopic (exact) mass is 345 g/mol. The lowest BCUT2D eigenvalue weighted by molar-refractivity contribution is 0.0616. The van der Waals surface area contributed by atoms with Gasteiger partial charge < -0.3 is 14.4 Å². The minimum absolute atomic E-state index is 0.0942. The van der Waals surface area contributed by atoms with E-state index in [0.717, 1.165) is 41.4 Å². The van der Waals surface area contributed by atoms with Crippen molar-refractivity contribution in [2.24, 2.45) is 7.05 Å². The van der Waals surface area contributed by atoms with Crippen molar-refractivity contribution >= 4 is 5.91 Å². The van der Waals surface area contributed by atoms with Crippen LogP contribution in [0.5, 0.6) is 11.5 Å². The number of piperazine rings is 1. The molecule has 9 heteroatoms. The second-order valence-electron chi connectivity index (χ2n) is 6.16. The van der Waals surface area contributed by atoms with E-state index in [1.165, 1.54) is 7.05 Å². The Morgan fingerprint density at radius 2 is 1.96 bits per heavy atom. The van der Waals surface area contributed by atoms with Crippen LogP contribution in [0.2, 0.25) is 0 Å². The van der Waals surface area contributed by atoms with Gasteiger partial charge in [0.05, 0.1) is 0 Å². The number of aryl methyl sites for hydroxylation is 1. The third kappa shape index (κ3) is 3.10. The molecule has 0 saturated carbocycles. The van der Waals surface area contributed by atoms with E-state index in [2.05, 4.69) is 15.0 Å². The van der Waals surface area contributed by atoms with Crippen molar-refractivity contribution in [1.29, 1.82) is 0 Å². The van der Waals surface area contributed by atoms with Crippen molar-refractivity contribution in [3.05, 3.63) is 40.1 Å². The summed E-state index contributed by atoms with van der Waals surface area (Å²) in [6, 6.07) is 5.96. The third-order valence-corrected chi connectivity index (χ3v) is 4.47. The summed E-state index contributed by atoms with van der Waals surface area (Å²) in [5, 5.41) is 3.92. The van der Waals surface area contributed by atoms with Crippen molar-refractivity contribution in [3.8, 4) is 11.5 Å². The summed E-state index contributed by atoms with van der Waals surface area (Å²) in [5.74, 6) is 1.42. The Morgan fingerprint density at radius 1 is 1.20 bits per heavy atom. The van der Waals surface area contributed by atoms with Crippen LogP contribution in [0.1, 0.15) is 16.2 Å². The molecule has 9 nitrogen and oxygen atoms in total. The molecule has 3 heterocycles. The van der Waals surface area contributed by atoms with Gasteiger partial charge in [0.2, 0.25) is 12.6 Å². The Labute approximate surface area is 143 Å². The fourth-order valence-corrected chi connectivity index (χ4v) is 3.06. The molecule has 1 aromatic carbocycles. The summed E-state index contributed by atoms with van der Waals surface area (Å²) in [6.07, 6.45) is 0. The lowest BCUT2D eigenvalue weighted by Crippen LogP contribution is -2.48. The largest absolute Gasteiger partial charge is 0.454 e. The van der Waals surface area contributed by atoms with E-state index in [1.54, 1.807) is 4.90 Å². The highest BCUT2D eigenvalue weighted by Gasteiger charge is 2.25. The highest BCUT2D eigenvalue weighted by Crippen LogP contribution is 2.32. The quantitative estimate of drug-likeness (QED) is 0.828. The number of rotatable bonds is 3. The SMILES string of the molecule is Cn1nc(C(=O)N2CCN(Cc3ccc4c(c3)OCO4)CC2)[nH]c1=O. The molecule has 2 aliphatic rings. The van der Waals surface area contributed by atoms with Crippen LogP contribution in [0.25, 0.3) is 0 Å². The van der Waals surface area contributed by atoms with E-state index in [-0.39, 0.29) is 24.2 Å². The second kappa shape index (κ2) is 6.25. The Hall–Kier alpha value is -2.81. The van der Waals surface area contributed by atoms with Gasteiger partial charge in [-0.05, 0) is 17.7 Å². The zero-order valence-corrected chi connectivity index (χ0v) is 13.9. The van der Waals surface area contributed by atoms with Gasteiger partial charge in [-0.25, -0.2) is 9.48 Å². The number of nitrogens with zero attached hydrogens (tertiary/aromatic N) is 4. The molecule has 132 valence electrons. The molecular formula is C16H19N5O4. The molecule has 2 aliphatic heterocycles. The smallest absolute Gasteiger partial charge is 0.343 e. The van der Waals surface area contributed by atoms with E-state index in [1.807, 2.05) is 18.2 Å². The third-order valence-electron chi connectivity index (χ3n) is 4.47. The Morgan fingerprint density at radius 3 is 2.68 bits per heavy atom. The molecule has 4 rings (SSSR count). The number of aromatic amines is 1. The summed E-state index contributed by atoms with van der Waals surface area (Å²) in [6.45, 7) is 3.78. The molecule has 1 fully saturated rings. The molecular weight excluding hydrogens is 326 g/mol. The van der Waals surface area contributed by atoms with Gasteiger partial charge in [0.25, 0.3) is 5.91 Å². The molecule has 1 saturated heterocycles. The van der Waals surface area contributed by atoms with E-state index >= 15 is 0 Å². The maximum atomic E-state index is 12.4. The maximum absolute atomic E-state index is 12.4. The number of ether oxygens (including phenoxy) is 2. The fourth-order valence-electron chi connectivity index (χ4n) is 3.06.